The van der Waals surface area contributed by atoms with Gasteiger partial charge in [0.05, 0.1) is 13.0 Å². The standard InChI is InChI=1S/C23H27N5O3/c1-2-31-19-10-8-17(9-11-19)24-22(30)20-16-21(29)26-23(25-20)28-14-12-27(13-15-28)18-6-4-3-5-7-18/h3-11,20H,2,12-16H2,1H3,(H,24,30)(H,25,26,29)/t20-/m0/s1. The SMILES string of the molecule is CCOc1ccc(NC(=O)[C@@H]2CC(=O)NC(N3CCN(c4ccccc4)CC3)=N2)cc1. The van der Waals surface area contributed by atoms with E-state index in [1.165, 1.54) is 5.69 Å². The van der Waals surface area contributed by atoms with E-state index >= 15 is 0 Å². The molecule has 2 aliphatic heterocycles. The Kier molecular flexibility index (Phi) is 6.35. The molecule has 1 atom stereocenters. The fraction of sp³-hybridized carbons (Fsp3) is 0.348. The lowest BCUT2D eigenvalue weighted by Gasteiger charge is -2.38. The van der Waals surface area contributed by atoms with E-state index in [2.05, 4.69) is 32.7 Å². The molecule has 8 nitrogen and oxygen atoms in total. The Morgan fingerprint density at radius 1 is 1.06 bits per heavy atom. The van der Waals surface area contributed by atoms with Crippen LogP contribution < -0.4 is 20.3 Å². The molecule has 0 bridgehead atoms. The van der Waals surface area contributed by atoms with Crippen LogP contribution >= 0.6 is 0 Å². The Hall–Kier alpha value is -3.55. The van der Waals surface area contributed by atoms with Crippen LogP contribution in [0.2, 0.25) is 0 Å². The average molecular weight is 422 g/mol. The van der Waals surface area contributed by atoms with Crippen LogP contribution in [0.4, 0.5) is 11.4 Å². The van der Waals surface area contributed by atoms with Gasteiger partial charge in [0.15, 0.2) is 0 Å². The van der Waals surface area contributed by atoms with E-state index in [1.54, 1.807) is 24.3 Å². The number of para-hydroxylation sites is 1. The first-order chi connectivity index (χ1) is 15.1. The fourth-order valence-corrected chi connectivity index (χ4v) is 3.73. The van der Waals surface area contributed by atoms with Gasteiger partial charge < -0.3 is 19.9 Å². The summed E-state index contributed by atoms with van der Waals surface area (Å²) in [5, 5.41) is 5.68. The summed E-state index contributed by atoms with van der Waals surface area (Å²) in [6.07, 6.45) is 0.0380. The van der Waals surface area contributed by atoms with Crippen LogP contribution in [0.3, 0.4) is 0 Å². The molecule has 8 heteroatoms. The largest absolute Gasteiger partial charge is 0.494 e. The number of rotatable bonds is 5. The molecule has 2 N–H and O–H groups in total. The van der Waals surface area contributed by atoms with Crippen molar-refractivity contribution in [2.45, 2.75) is 19.4 Å². The van der Waals surface area contributed by atoms with Crippen LogP contribution in [0.1, 0.15) is 13.3 Å². The van der Waals surface area contributed by atoms with E-state index in [9.17, 15) is 9.59 Å². The molecule has 2 aromatic rings. The number of carbonyl (C=O) groups is 2. The maximum atomic E-state index is 12.7. The first-order valence-corrected chi connectivity index (χ1v) is 10.6. The van der Waals surface area contributed by atoms with Gasteiger partial charge in [0.2, 0.25) is 17.8 Å². The van der Waals surface area contributed by atoms with Crippen molar-refractivity contribution in [3.8, 4) is 5.75 Å². The van der Waals surface area contributed by atoms with Crippen LogP contribution in [0.15, 0.2) is 59.6 Å². The molecule has 0 aromatic heterocycles. The summed E-state index contributed by atoms with van der Waals surface area (Å²) in [5.74, 6) is 0.741. The topological polar surface area (TPSA) is 86.3 Å². The van der Waals surface area contributed by atoms with Gasteiger partial charge in [0.25, 0.3) is 0 Å². The van der Waals surface area contributed by atoms with Crippen molar-refractivity contribution in [2.75, 3.05) is 43.0 Å². The smallest absolute Gasteiger partial charge is 0.249 e. The number of hydrogen-bond acceptors (Lipinski definition) is 6. The highest BCUT2D eigenvalue weighted by atomic mass is 16.5. The second-order valence-corrected chi connectivity index (χ2v) is 7.48. The van der Waals surface area contributed by atoms with Crippen molar-refractivity contribution < 1.29 is 14.3 Å². The normalized spacial score (nSPS) is 18.8. The predicted molar refractivity (Wildman–Crippen MR) is 120 cm³/mol. The Labute approximate surface area is 181 Å². The summed E-state index contributed by atoms with van der Waals surface area (Å²) in [7, 11) is 0. The Morgan fingerprint density at radius 2 is 1.74 bits per heavy atom. The van der Waals surface area contributed by atoms with Gasteiger partial charge in [-0.1, -0.05) is 18.2 Å². The van der Waals surface area contributed by atoms with E-state index < -0.39 is 6.04 Å². The van der Waals surface area contributed by atoms with E-state index in [0.29, 0.717) is 18.3 Å². The van der Waals surface area contributed by atoms with Gasteiger partial charge >= 0.3 is 0 Å². The van der Waals surface area contributed by atoms with Crippen LogP contribution in [0, 0.1) is 0 Å². The average Bonchev–Trinajstić information content (AvgIpc) is 2.81. The van der Waals surface area contributed by atoms with Crippen LogP contribution in [-0.4, -0.2) is 61.5 Å². The highest BCUT2D eigenvalue weighted by Crippen LogP contribution is 2.19. The number of aliphatic imine (C=N–C) groups is 1. The molecule has 0 spiro atoms. The number of amides is 2. The molecule has 0 aliphatic carbocycles. The van der Waals surface area contributed by atoms with E-state index in [4.69, 9.17) is 4.74 Å². The maximum absolute atomic E-state index is 12.7. The number of guanidine groups is 1. The van der Waals surface area contributed by atoms with Gasteiger partial charge in [0.1, 0.15) is 11.8 Å². The lowest BCUT2D eigenvalue weighted by atomic mass is 10.1. The molecule has 0 saturated carbocycles. The third-order valence-electron chi connectivity index (χ3n) is 5.34. The quantitative estimate of drug-likeness (QED) is 0.772. The van der Waals surface area contributed by atoms with Gasteiger partial charge in [-0.2, -0.15) is 0 Å². The Bertz CT molecular complexity index is 937. The number of benzene rings is 2. The summed E-state index contributed by atoms with van der Waals surface area (Å²) in [6.45, 7) is 5.59. The van der Waals surface area contributed by atoms with Gasteiger partial charge in [-0.25, -0.2) is 4.99 Å². The number of ether oxygens (including phenoxy) is 1. The highest BCUT2D eigenvalue weighted by Gasteiger charge is 2.30. The number of hydrogen-bond donors (Lipinski definition) is 2. The molecule has 31 heavy (non-hydrogen) atoms. The minimum Gasteiger partial charge on any atom is -0.494 e. The Balaban J connectivity index is 1.38. The third-order valence-corrected chi connectivity index (χ3v) is 5.34. The Morgan fingerprint density at radius 3 is 2.42 bits per heavy atom. The van der Waals surface area contributed by atoms with Gasteiger partial charge in [0, 0.05) is 37.6 Å². The van der Waals surface area contributed by atoms with E-state index in [-0.39, 0.29) is 18.2 Å². The molecular weight excluding hydrogens is 394 g/mol. The van der Waals surface area contributed by atoms with Crippen molar-refractivity contribution in [3.63, 3.8) is 0 Å². The zero-order valence-electron chi connectivity index (χ0n) is 17.6. The number of piperazine rings is 1. The van der Waals surface area contributed by atoms with Crippen molar-refractivity contribution in [3.05, 3.63) is 54.6 Å². The highest BCUT2D eigenvalue weighted by molar-refractivity contribution is 6.06. The predicted octanol–water partition coefficient (Wildman–Crippen LogP) is 2.09. The van der Waals surface area contributed by atoms with Crippen LogP contribution in [0.5, 0.6) is 5.75 Å². The second-order valence-electron chi connectivity index (χ2n) is 7.48. The first kappa shape index (κ1) is 20.7. The zero-order chi connectivity index (χ0) is 21.6. The summed E-state index contributed by atoms with van der Waals surface area (Å²) >= 11 is 0. The maximum Gasteiger partial charge on any atom is 0.249 e. The molecule has 2 heterocycles. The van der Waals surface area contributed by atoms with Crippen molar-refractivity contribution in [1.29, 1.82) is 0 Å². The molecular formula is C23H27N5O3. The molecule has 2 aromatic carbocycles. The lowest BCUT2D eigenvalue weighted by molar-refractivity contribution is -0.125. The second kappa shape index (κ2) is 9.51. The van der Waals surface area contributed by atoms with E-state index in [0.717, 1.165) is 31.9 Å². The third kappa shape index (κ3) is 5.14. The summed E-state index contributed by atoms with van der Waals surface area (Å²) in [6, 6.07) is 16.7. The number of carbonyl (C=O) groups excluding carboxylic acids is 2. The van der Waals surface area contributed by atoms with Gasteiger partial charge in [-0.15, -0.1) is 0 Å². The molecule has 1 fully saturated rings. The number of nitrogens with one attached hydrogen (secondary N) is 2. The molecule has 0 unspecified atom stereocenters. The molecule has 0 radical (unpaired) electrons. The fourth-order valence-electron chi connectivity index (χ4n) is 3.73. The van der Waals surface area contributed by atoms with Crippen molar-refractivity contribution >= 4 is 29.1 Å². The van der Waals surface area contributed by atoms with Crippen LogP contribution in [-0.2, 0) is 9.59 Å². The summed E-state index contributed by atoms with van der Waals surface area (Å²) < 4.78 is 5.42. The molecule has 4 rings (SSSR count). The summed E-state index contributed by atoms with van der Waals surface area (Å²) in [4.78, 5) is 33.9. The minimum absolute atomic E-state index is 0.0380. The van der Waals surface area contributed by atoms with E-state index in [1.807, 2.05) is 30.0 Å². The molecule has 1 saturated heterocycles. The monoisotopic (exact) mass is 421 g/mol. The number of anilines is 2. The molecule has 2 amide bonds. The lowest BCUT2D eigenvalue weighted by Crippen LogP contribution is -2.56. The molecule has 2 aliphatic rings. The van der Waals surface area contributed by atoms with Crippen molar-refractivity contribution in [2.24, 2.45) is 4.99 Å². The zero-order valence-corrected chi connectivity index (χ0v) is 17.6. The summed E-state index contributed by atoms with van der Waals surface area (Å²) in [5.41, 5.74) is 1.83. The number of nitrogens with zero attached hydrogens (tertiary/aromatic N) is 3. The van der Waals surface area contributed by atoms with Crippen molar-refractivity contribution in [1.82, 2.24) is 10.2 Å². The van der Waals surface area contributed by atoms with Gasteiger partial charge in [-0.3, -0.25) is 14.9 Å². The van der Waals surface area contributed by atoms with Gasteiger partial charge in [-0.05, 0) is 43.3 Å². The minimum atomic E-state index is -0.748. The molecule has 162 valence electrons. The first-order valence-electron chi connectivity index (χ1n) is 10.6. The van der Waals surface area contributed by atoms with Crippen LogP contribution in [0.25, 0.3) is 0 Å².